The van der Waals surface area contributed by atoms with Gasteiger partial charge < -0.3 is 59.0 Å². The summed E-state index contributed by atoms with van der Waals surface area (Å²) in [5, 5.41) is 37.8. The number of likely N-dealkylation sites (tertiary alicyclic amines) is 2. The zero-order valence-electron chi connectivity index (χ0n) is 40.0. The lowest BCUT2D eigenvalue weighted by molar-refractivity contribution is -0.116. The third kappa shape index (κ3) is 9.80. The van der Waals surface area contributed by atoms with Gasteiger partial charge in [0.1, 0.15) is 29.0 Å². The first-order chi connectivity index (χ1) is 31.9. The Balaban J connectivity index is 1.25. The molecule has 6 aliphatic heterocycles. The maximum Gasteiger partial charge on any atom is 0.410 e. The molecular formula is C50H68N4O13. The first kappa shape index (κ1) is 49.8. The fraction of sp³-hybridized carbons (Fsp3) is 0.620. The van der Waals surface area contributed by atoms with Gasteiger partial charge in [0.05, 0.1) is 54.5 Å². The molecule has 5 bridgehead atoms. The zero-order chi connectivity index (χ0) is 48.5. The number of phenolic OH excluding ortho intramolecular Hbond substituents is 1. The van der Waals surface area contributed by atoms with Gasteiger partial charge in [0.25, 0.3) is 11.7 Å². The minimum absolute atomic E-state index is 0.00800. The van der Waals surface area contributed by atoms with Gasteiger partial charge in [0.15, 0.2) is 0 Å². The van der Waals surface area contributed by atoms with Crippen LogP contribution in [0.2, 0.25) is 0 Å². The minimum Gasteiger partial charge on any atom is -0.507 e. The largest absolute Gasteiger partial charge is 0.507 e. The molecule has 366 valence electrons. The van der Waals surface area contributed by atoms with Crippen molar-refractivity contribution < 1.29 is 63.0 Å². The predicted molar refractivity (Wildman–Crippen MR) is 245 cm³/mol. The van der Waals surface area contributed by atoms with E-state index in [0.29, 0.717) is 19.1 Å². The summed E-state index contributed by atoms with van der Waals surface area (Å²) in [5.74, 6) is -8.58. The number of ketones is 3. The Morgan fingerprint density at radius 3 is 2.16 bits per heavy atom. The average Bonchev–Trinajstić information content (AvgIpc) is 3.60. The second kappa shape index (κ2) is 20.7. The number of methoxy groups -OCH3 is 1. The van der Waals surface area contributed by atoms with Crippen LogP contribution in [0.25, 0.3) is 0 Å². The number of benzene rings is 1. The summed E-state index contributed by atoms with van der Waals surface area (Å²) in [6.07, 6.45) is 8.23. The van der Waals surface area contributed by atoms with Crippen molar-refractivity contribution in [2.45, 2.75) is 117 Å². The van der Waals surface area contributed by atoms with E-state index in [1.165, 1.54) is 65.6 Å². The van der Waals surface area contributed by atoms with Crippen molar-refractivity contribution in [2.24, 2.45) is 23.7 Å². The number of carbonyl (C=O) groups excluding carboxylic acids is 5. The number of allylic oxidation sites excluding steroid dienone is 4. The molecule has 1 aromatic carbocycles. The third-order valence-corrected chi connectivity index (χ3v) is 14.8. The maximum absolute atomic E-state index is 14.8. The molecule has 3 saturated heterocycles. The van der Waals surface area contributed by atoms with Crippen LogP contribution in [0.1, 0.15) is 110 Å². The van der Waals surface area contributed by atoms with E-state index in [-0.39, 0.29) is 65.7 Å². The van der Waals surface area contributed by atoms with Crippen molar-refractivity contribution in [3.63, 3.8) is 0 Å². The SMILES string of the molecule is CO[C@H]1/C=C/O[C@@]2(C)Oc3c(C)c(O)c4c(c3C2=O)C(=O)C(N2CCOCC2)=C(NC(=O)/C(C)=C\C=C\[C@H](C)[C@H](O)[C@@H](C)[C@@H](O)[C@@H](C)[C@H](OC(=O)N2CCC(N3CCCCC3)CC2)[C@@H]1C)C4=O. The van der Waals surface area contributed by atoms with Crippen LogP contribution in [0.4, 0.5) is 4.79 Å². The van der Waals surface area contributed by atoms with Gasteiger partial charge in [0, 0.05) is 81.1 Å². The van der Waals surface area contributed by atoms with Crippen molar-refractivity contribution in [2.75, 3.05) is 59.6 Å². The number of nitrogens with zero attached hydrogens (tertiary/aromatic N) is 3. The van der Waals surface area contributed by atoms with Gasteiger partial charge in [0.2, 0.25) is 11.6 Å². The number of aliphatic hydroxyl groups excluding tert-OH is 2. The highest BCUT2D eigenvalue weighted by molar-refractivity contribution is 6.32. The highest BCUT2D eigenvalue weighted by atomic mass is 16.7. The molecule has 8 rings (SSSR count). The summed E-state index contributed by atoms with van der Waals surface area (Å²) in [4.78, 5) is 77.7. The molecule has 0 aromatic heterocycles. The first-order valence-electron chi connectivity index (χ1n) is 23.8. The number of phenols is 1. The molecule has 6 heterocycles. The lowest BCUT2D eigenvalue weighted by Gasteiger charge is -2.41. The molecule has 17 nitrogen and oxygen atoms in total. The van der Waals surface area contributed by atoms with E-state index >= 15 is 0 Å². The van der Waals surface area contributed by atoms with Crippen molar-refractivity contribution in [3.8, 4) is 11.5 Å². The number of morpholine rings is 1. The maximum atomic E-state index is 14.8. The number of fused-ring (bicyclic) bond motifs is 14. The van der Waals surface area contributed by atoms with E-state index in [1.54, 1.807) is 42.7 Å². The molecule has 0 unspecified atom stereocenters. The Bertz CT molecular complexity index is 2220. The number of Topliss-reactive ketones (excluding diaryl/α,β-unsaturated/α-hetero) is 3. The Hall–Kier alpha value is -5.07. The monoisotopic (exact) mass is 932 g/mol. The van der Waals surface area contributed by atoms with Gasteiger partial charge in [-0.25, -0.2) is 4.79 Å². The molecular weight excluding hydrogens is 865 g/mol. The number of amides is 2. The molecule has 9 atom stereocenters. The lowest BCUT2D eigenvalue weighted by Crippen LogP contribution is -2.51. The molecule has 67 heavy (non-hydrogen) atoms. The molecule has 4 N–H and O–H groups in total. The normalized spacial score (nSPS) is 33.7. The van der Waals surface area contributed by atoms with Crippen LogP contribution in [-0.4, -0.2) is 155 Å². The molecule has 0 radical (unpaired) electrons. The number of piperidine rings is 2. The fourth-order valence-corrected chi connectivity index (χ4v) is 10.5. The van der Waals surface area contributed by atoms with Crippen LogP contribution in [-0.2, 0) is 23.7 Å². The zero-order valence-corrected chi connectivity index (χ0v) is 40.0. The Kier molecular flexibility index (Phi) is 15.4. The molecule has 3 fully saturated rings. The van der Waals surface area contributed by atoms with Gasteiger partial charge in [-0.05, 0) is 58.7 Å². The minimum atomic E-state index is -2.09. The van der Waals surface area contributed by atoms with Crippen molar-refractivity contribution in [3.05, 3.63) is 69.8 Å². The second-order valence-corrected chi connectivity index (χ2v) is 19.2. The molecule has 7 aliphatic rings. The summed E-state index contributed by atoms with van der Waals surface area (Å²) in [6, 6.07) is 0.403. The van der Waals surface area contributed by atoms with Crippen LogP contribution in [0.3, 0.4) is 0 Å². The molecule has 0 spiro atoms. The molecule has 1 aliphatic carbocycles. The van der Waals surface area contributed by atoms with E-state index in [0.717, 1.165) is 25.9 Å². The van der Waals surface area contributed by atoms with Crippen molar-refractivity contribution in [1.82, 2.24) is 20.0 Å². The number of carbonyl (C=O) groups is 5. The predicted octanol–water partition coefficient (Wildman–Crippen LogP) is 4.81. The van der Waals surface area contributed by atoms with E-state index in [2.05, 4.69) is 10.2 Å². The van der Waals surface area contributed by atoms with Gasteiger partial charge in [-0.3, -0.25) is 19.2 Å². The topological polar surface area (TPSA) is 214 Å². The molecule has 2 amide bonds. The Morgan fingerprint density at radius 1 is 0.836 bits per heavy atom. The van der Waals surface area contributed by atoms with E-state index in [9.17, 15) is 39.3 Å². The van der Waals surface area contributed by atoms with Crippen molar-refractivity contribution >= 4 is 29.4 Å². The smallest absolute Gasteiger partial charge is 0.410 e. The average molecular weight is 933 g/mol. The van der Waals surface area contributed by atoms with Crippen LogP contribution >= 0.6 is 0 Å². The second-order valence-electron chi connectivity index (χ2n) is 19.2. The van der Waals surface area contributed by atoms with Crippen LogP contribution in [0, 0.1) is 30.6 Å². The van der Waals surface area contributed by atoms with Crippen LogP contribution in [0.5, 0.6) is 11.5 Å². The molecule has 17 heteroatoms. The first-order valence-corrected chi connectivity index (χ1v) is 23.8. The lowest BCUT2D eigenvalue weighted by atomic mass is 9.78. The van der Waals surface area contributed by atoms with E-state index in [1.807, 2.05) is 6.92 Å². The van der Waals surface area contributed by atoms with E-state index in [4.69, 9.17) is 23.7 Å². The number of nitrogens with one attached hydrogen (secondary N) is 1. The van der Waals surface area contributed by atoms with Gasteiger partial charge in [-0.1, -0.05) is 52.3 Å². The summed E-state index contributed by atoms with van der Waals surface area (Å²) in [7, 11) is 1.47. The third-order valence-electron chi connectivity index (χ3n) is 14.8. The highest BCUT2D eigenvalue weighted by Gasteiger charge is 2.53. The summed E-state index contributed by atoms with van der Waals surface area (Å²) >= 11 is 0. The number of aliphatic hydroxyl groups is 2. The number of hydrogen-bond donors (Lipinski definition) is 4. The number of ether oxygens (including phenoxy) is 5. The Morgan fingerprint density at radius 2 is 1.51 bits per heavy atom. The van der Waals surface area contributed by atoms with Crippen molar-refractivity contribution in [1.29, 1.82) is 0 Å². The van der Waals surface area contributed by atoms with Gasteiger partial charge >= 0.3 is 11.9 Å². The van der Waals surface area contributed by atoms with Crippen LogP contribution < -0.4 is 10.1 Å². The van der Waals surface area contributed by atoms with Crippen LogP contribution in [0.15, 0.2) is 47.5 Å². The van der Waals surface area contributed by atoms with Gasteiger partial charge in [-0.2, -0.15) is 0 Å². The molecule has 0 saturated carbocycles. The summed E-state index contributed by atoms with van der Waals surface area (Å²) < 4.78 is 30.1. The summed E-state index contributed by atoms with van der Waals surface area (Å²) in [5.41, 5.74) is -1.43. The molecule has 1 aromatic rings. The fourth-order valence-electron chi connectivity index (χ4n) is 10.5. The number of hydrogen-bond acceptors (Lipinski definition) is 15. The Labute approximate surface area is 392 Å². The quantitative estimate of drug-likeness (QED) is 0.319. The standard InChI is InChI=1S/C50H68N4O13/c1-27-13-12-14-28(2)48(61)51-38-39(53-22-25-64-26-23-53)44(59)35-36(43(38)58)42(57)32(6)46-37(35)47(60)50(7,67-46)65-24-17-34(63-8)29(3)45(31(5)41(56)30(4)40(27)55)66-49(62)54-20-15-33(16-21-54)52-18-10-9-11-19-52/h12-14,17,24,27,29-31,33-34,40-41,45,55-57H,9-11,15-16,18-23,25-26H2,1-8H3,(H,51,61)/b13-12+,24-17+,28-14-/t27-,29+,30+,31+,34-,40-,41+,45+,50-/m0/s1. The highest BCUT2D eigenvalue weighted by Crippen LogP contribution is 2.49. The van der Waals surface area contributed by atoms with Gasteiger partial charge in [-0.15, -0.1) is 0 Å². The number of aromatic hydroxyl groups is 1. The number of rotatable bonds is 4. The summed E-state index contributed by atoms with van der Waals surface area (Å²) in [6.45, 7) is 15.4. The van der Waals surface area contributed by atoms with E-state index < -0.39 is 94.5 Å².